The van der Waals surface area contributed by atoms with Crippen molar-refractivity contribution in [3.8, 4) is 16.9 Å². The van der Waals surface area contributed by atoms with Crippen molar-refractivity contribution >= 4 is 17.4 Å². The van der Waals surface area contributed by atoms with E-state index >= 15 is 0 Å². The maximum absolute atomic E-state index is 6.10. The third-order valence-electron chi connectivity index (χ3n) is 3.16. The average Bonchev–Trinajstić information content (AvgIpc) is 2.98. The van der Waals surface area contributed by atoms with Crippen molar-refractivity contribution in [1.29, 1.82) is 0 Å². The molecule has 0 saturated heterocycles. The molecule has 0 fully saturated rings. The molecule has 0 unspecified atom stereocenters. The zero-order valence-electron chi connectivity index (χ0n) is 11.2. The molecule has 0 spiro atoms. The summed E-state index contributed by atoms with van der Waals surface area (Å²) in [6.45, 7) is 2.02. The second kappa shape index (κ2) is 4.68. The number of rotatable bonds is 2. The lowest BCUT2D eigenvalue weighted by Gasteiger charge is -2.07. The Kier molecular flexibility index (Phi) is 2.99. The molecule has 0 saturated carbocycles. The Morgan fingerprint density at radius 2 is 2.05 bits per heavy atom. The molecule has 3 rings (SSSR count). The van der Waals surface area contributed by atoms with E-state index in [4.69, 9.17) is 17.3 Å². The molecule has 0 atom stereocenters. The summed E-state index contributed by atoms with van der Waals surface area (Å²) in [6, 6.07) is 7.50. The van der Waals surface area contributed by atoms with Crippen LogP contribution in [-0.2, 0) is 7.05 Å². The molecular weight excluding hydrogens is 274 g/mol. The van der Waals surface area contributed by atoms with Crippen LogP contribution in [0.4, 0.5) is 5.82 Å². The lowest BCUT2D eigenvalue weighted by Crippen LogP contribution is -2.02. The molecule has 3 aromatic rings. The number of anilines is 1. The highest BCUT2D eigenvalue weighted by Gasteiger charge is 2.16. The minimum atomic E-state index is 0.568. The number of nitrogens with zero attached hydrogens (tertiary/aromatic N) is 4. The molecule has 0 bridgehead atoms. The number of benzene rings is 1. The Hall–Kier alpha value is -2.27. The van der Waals surface area contributed by atoms with Gasteiger partial charge in [-0.15, -0.1) is 0 Å². The van der Waals surface area contributed by atoms with Crippen LogP contribution >= 0.6 is 11.6 Å². The molecule has 102 valence electrons. The highest BCUT2D eigenvalue weighted by atomic mass is 35.5. The van der Waals surface area contributed by atoms with E-state index in [1.807, 2.05) is 38.4 Å². The minimum Gasteiger partial charge on any atom is -0.384 e. The van der Waals surface area contributed by atoms with Gasteiger partial charge in [-0.2, -0.15) is 10.2 Å². The van der Waals surface area contributed by atoms with Gasteiger partial charge in [-0.3, -0.25) is 4.68 Å². The van der Waals surface area contributed by atoms with Crippen LogP contribution < -0.4 is 5.73 Å². The van der Waals surface area contributed by atoms with Gasteiger partial charge in [-0.1, -0.05) is 17.7 Å². The summed E-state index contributed by atoms with van der Waals surface area (Å²) >= 11 is 6.10. The molecular formula is C14H14ClN5. The topological polar surface area (TPSA) is 61.7 Å². The molecule has 6 heteroatoms. The fourth-order valence-corrected chi connectivity index (χ4v) is 2.36. The lowest BCUT2D eigenvalue weighted by atomic mass is 10.1. The molecule has 5 nitrogen and oxygen atoms in total. The Morgan fingerprint density at radius 3 is 2.75 bits per heavy atom. The smallest absolute Gasteiger partial charge is 0.127 e. The number of nitrogen functional groups attached to an aromatic ring is 1. The van der Waals surface area contributed by atoms with Crippen LogP contribution in [0, 0.1) is 6.92 Å². The molecule has 0 aliphatic carbocycles. The minimum absolute atomic E-state index is 0.568. The van der Waals surface area contributed by atoms with Crippen molar-refractivity contribution in [3.63, 3.8) is 0 Å². The molecule has 2 aromatic heterocycles. The van der Waals surface area contributed by atoms with E-state index in [1.54, 1.807) is 21.6 Å². The highest BCUT2D eigenvalue weighted by Crippen LogP contribution is 2.30. The van der Waals surface area contributed by atoms with Crippen LogP contribution in [0.15, 0.2) is 36.7 Å². The summed E-state index contributed by atoms with van der Waals surface area (Å²) in [5, 5.41) is 9.44. The SMILES string of the molecule is Cc1ccc(Cl)cc1-c1nn(C)cc1-n1nccc1N. The van der Waals surface area contributed by atoms with Gasteiger partial charge < -0.3 is 5.73 Å². The normalized spacial score (nSPS) is 10.9. The van der Waals surface area contributed by atoms with Crippen molar-refractivity contribution in [2.45, 2.75) is 6.92 Å². The van der Waals surface area contributed by atoms with Crippen LogP contribution in [0.2, 0.25) is 5.02 Å². The monoisotopic (exact) mass is 287 g/mol. The fraction of sp³-hybridized carbons (Fsp3) is 0.143. The van der Waals surface area contributed by atoms with Gasteiger partial charge in [0.05, 0.1) is 12.4 Å². The molecule has 0 aliphatic rings. The lowest BCUT2D eigenvalue weighted by molar-refractivity contribution is 0.768. The summed E-state index contributed by atoms with van der Waals surface area (Å²) < 4.78 is 3.41. The maximum Gasteiger partial charge on any atom is 0.127 e. The summed E-state index contributed by atoms with van der Waals surface area (Å²) in [6.07, 6.45) is 3.55. The van der Waals surface area contributed by atoms with Gasteiger partial charge in [-0.25, -0.2) is 4.68 Å². The third kappa shape index (κ3) is 2.06. The van der Waals surface area contributed by atoms with E-state index < -0.39 is 0 Å². The molecule has 2 heterocycles. The number of nitrogens with two attached hydrogens (primary N) is 1. The number of aromatic nitrogens is 4. The van der Waals surface area contributed by atoms with Crippen LogP contribution in [-0.4, -0.2) is 19.6 Å². The zero-order valence-corrected chi connectivity index (χ0v) is 12.0. The number of hydrogen-bond acceptors (Lipinski definition) is 3. The quantitative estimate of drug-likeness (QED) is 0.788. The predicted octanol–water partition coefficient (Wildman–Crippen LogP) is 2.82. The first-order valence-corrected chi connectivity index (χ1v) is 6.54. The Labute approximate surface area is 121 Å². The highest BCUT2D eigenvalue weighted by molar-refractivity contribution is 6.30. The Balaban J connectivity index is 2.25. The van der Waals surface area contributed by atoms with Crippen LogP contribution in [0.25, 0.3) is 16.9 Å². The van der Waals surface area contributed by atoms with E-state index in [0.29, 0.717) is 10.8 Å². The number of halogens is 1. The average molecular weight is 288 g/mol. The van der Waals surface area contributed by atoms with Gasteiger partial charge >= 0.3 is 0 Å². The van der Waals surface area contributed by atoms with E-state index in [-0.39, 0.29) is 0 Å². The molecule has 20 heavy (non-hydrogen) atoms. The van der Waals surface area contributed by atoms with E-state index in [1.165, 1.54) is 0 Å². The first-order valence-electron chi connectivity index (χ1n) is 6.16. The second-order valence-electron chi connectivity index (χ2n) is 4.66. The fourth-order valence-electron chi connectivity index (χ4n) is 2.19. The number of aryl methyl sites for hydroxylation is 2. The summed E-state index contributed by atoms with van der Waals surface area (Å²) in [4.78, 5) is 0. The van der Waals surface area contributed by atoms with Gasteiger partial charge in [0.2, 0.25) is 0 Å². The zero-order chi connectivity index (χ0) is 14.3. The summed E-state index contributed by atoms with van der Waals surface area (Å²) in [5.41, 5.74) is 9.65. The Bertz CT molecular complexity index is 772. The van der Waals surface area contributed by atoms with Crippen molar-refractivity contribution in [2.75, 3.05) is 5.73 Å². The van der Waals surface area contributed by atoms with Crippen LogP contribution in [0.5, 0.6) is 0 Å². The Morgan fingerprint density at radius 1 is 1.25 bits per heavy atom. The van der Waals surface area contributed by atoms with Crippen molar-refractivity contribution in [1.82, 2.24) is 19.6 Å². The maximum atomic E-state index is 6.10. The molecule has 0 aliphatic heterocycles. The molecule has 1 aromatic carbocycles. The number of hydrogen-bond donors (Lipinski definition) is 1. The van der Waals surface area contributed by atoms with E-state index in [9.17, 15) is 0 Å². The molecule has 2 N–H and O–H groups in total. The third-order valence-corrected chi connectivity index (χ3v) is 3.40. The van der Waals surface area contributed by atoms with E-state index in [0.717, 1.165) is 22.5 Å². The molecule has 0 amide bonds. The molecule has 0 radical (unpaired) electrons. The predicted molar refractivity (Wildman–Crippen MR) is 79.9 cm³/mol. The second-order valence-corrected chi connectivity index (χ2v) is 5.10. The standard InChI is InChI=1S/C14H14ClN5/c1-9-3-4-10(15)7-11(9)14-12(8-19(2)18-14)20-13(16)5-6-17-20/h3-8H,16H2,1-2H3. The van der Waals surface area contributed by atoms with Crippen molar-refractivity contribution in [3.05, 3.63) is 47.2 Å². The van der Waals surface area contributed by atoms with Crippen LogP contribution in [0.3, 0.4) is 0 Å². The van der Waals surface area contributed by atoms with Crippen molar-refractivity contribution in [2.24, 2.45) is 7.05 Å². The van der Waals surface area contributed by atoms with E-state index in [2.05, 4.69) is 10.2 Å². The van der Waals surface area contributed by atoms with Crippen molar-refractivity contribution < 1.29 is 0 Å². The van der Waals surface area contributed by atoms with Gasteiger partial charge in [-0.05, 0) is 24.6 Å². The van der Waals surface area contributed by atoms with Crippen LogP contribution in [0.1, 0.15) is 5.56 Å². The van der Waals surface area contributed by atoms with Gasteiger partial charge in [0.15, 0.2) is 0 Å². The van der Waals surface area contributed by atoms with Gasteiger partial charge in [0, 0.05) is 23.7 Å². The largest absolute Gasteiger partial charge is 0.384 e. The first-order chi connectivity index (χ1) is 9.56. The van der Waals surface area contributed by atoms with Gasteiger partial charge in [0.1, 0.15) is 17.2 Å². The summed E-state index contributed by atoms with van der Waals surface area (Å²) in [5.74, 6) is 0.568. The first kappa shape index (κ1) is 12.7. The van der Waals surface area contributed by atoms with Gasteiger partial charge in [0.25, 0.3) is 0 Å². The summed E-state index contributed by atoms with van der Waals surface area (Å²) in [7, 11) is 1.87.